The summed E-state index contributed by atoms with van der Waals surface area (Å²) < 4.78 is 10.6. The van der Waals surface area contributed by atoms with Crippen molar-refractivity contribution in [2.24, 2.45) is 0 Å². The van der Waals surface area contributed by atoms with Crippen molar-refractivity contribution in [1.82, 2.24) is 15.3 Å². The number of aromatic nitrogens is 2. The van der Waals surface area contributed by atoms with E-state index < -0.39 is 17.7 Å². The number of fused-ring (bicyclic) bond motifs is 1. The van der Waals surface area contributed by atoms with Crippen molar-refractivity contribution in [3.8, 4) is 21.7 Å². The van der Waals surface area contributed by atoms with Gasteiger partial charge in [-0.1, -0.05) is 43.2 Å². The van der Waals surface area contributed by atoms with Crippen molar-refractivity contribution in [1.29, 1.82) is 0 Å². The number of hydrogen-bond donors (Lipinski definition) is 1. The molecule has 0 spiro atoms. The van der Waals surface area contributed by atoms with E-state index in [9.17, 15) is 9.59 Å². The highest BCUT2D eigenvalue weighted by atomic mass is 32.1. The van der Waals surface area contributed by atoms with Gasteiger partial charge in [-0.3, -0.25) is 4.98 Å². The number of pyridine rings is 1. The van der Waals surface area contributed by atoms with Gasteiger partial charge in [0, 0.05) is 34.1 Å². The number of amides is 1. The molecule has 0 radical (unpaired) electrons. The molecule has 0 bridgehead atoms. The molecule has 2 aromatic carbocycles. The van der Waals surface area contributed by atoms with E-state index in [4.69, 9.17) is 14.5 Å². The van der Waals surface area contributed by atoms with Crippen LogP contribution in [0.3, 0.4) is 0 Å². The standard InChI is InChI=1S/C31H35N3O4S/c1-7-9-24-23(17-32-30(36)38-31(4,5)6)27(20-12-10-19(3)11-13-20)22-16-21(14-15-25(22)33-24)28-34-26(18-39-28)29(35)37-8-2/h10-16,18H,7-9,17H2,1-6H3,(H,32,36). The average Bonchev–Trinajstić information content (AvgIpc) is 3.37. The first kappa shape index (κ1) is 28.2. The third kappa shape index (κ3) is 6.81. The van der Waals surface area contributed by atoms with Crippen LogP contribution in [0.5, 0.6) is 0 Å². The lowest BCUT2D eigenvalue weighted by molar-refractivity contribution is 0.0511. The third-order valence-corrected chi connectivity index (χ3v) is 6.93. The van der Waals surface area contributed by atoms with Gasteiger partial charge in [0.25, 0.3) is 0 Å². The molecule has 0 aliphatic heterocycles. The number of thiazole rings is 1. The number of ether oxygens (including phenoxy) is 2. The average molecular weight is 546 g/mol. The summed E-state index contributed by atoms with van der Waals surface area (Å²) in [6.45, 7) is 12.1. The Hall–Kier alpha value is -3.78. The van der Waals surface area contributed by atoms with E-state index in [1.54, 1.807) is 12.3 Å². The molecule has 4 aromatic rings. The van der Waals surface area contributed by atoms with Crippen LogP contribution < -0.4 is 5.32 Å². The molecule has 204 valence electrons. The van der Waals surface area contributed by atoms with Gasteiger partial charge in [-0.05, 0) is 70.4 Å². The van der Waals surface area contributed by atoms with Crippen LogP contribution in [0.4, 0.5) is 4.79 Å². The van der Waals surface area contributed by atoms with Crippen LogP contribution in [0.2, 0.25) is 0 Å². The maximum Gasteiger partial charge on any atom is 0.407 e. The summed E-state index contributed by atoms with van der Waals surface area (Å²) in [5.41, 5.74) is 6.57. The summed E-state index contributed by atoms with van der Waals surface area (Å²) in [5, 5.41) is 6.34. The normalized spacial score (nSPS) is 11.4. The summed E-state index contributed by atoms with van der Waals surface area (Å²) in [7, 11) is 0. The molecule has 39 heavy (non-hydrogen) atoms. The first-order valence-electron chi connectivity index (χ1n) is 13.2. The second-order valence-corrected chi connectivity index (χ2v) is 11.2. The van der Waals surface area contributed by atoms with Crippen molar-refractivity contribution in [3.63, 3.8) is 0 Å². The van der Waals surface area contributed by atoms with E-state index in [0.29, 0.717) is 12.3 Å². The number of rotatable bonds is 8. The van der Waals surface area contributed by atoms with Crippen LogP contribution in [0.1, 0.15) is 68.3 Å². The quantitative estimate of drug-likeness (QED) is 0.231. The molecule has 0 saturated carbocycles. The number of alkyl carbamates (subject to hydrolysis) is 1. The number of aryl methyl sites for hydroxylation is 2. The molecule has 2 aromatic heterocycles. The lowest BCUT2D eigenvalue weighted by Crippen LogP contribution is -2.32. The SMILES string of the molecule is CCCc1nc2ccc(-c3nc(C(=O)OCC)cs3)cc2c(-c2ccc(C)cc2)c1CNC(=O)OC(C)(C)C. The smallest absolute Gasteiger partial charge is 0.407 e. The topological polar surface area (TPSA) is 90.4 Å². The molecular weight excluding hydrogens is 510 g/mol. The first-order chi connectivity index (χ1) is 18.6. The Morgan fingerprint density at radius 1 is 1.00 bits per heavy atom. The molecular formula is C31H35N3O4S. The van der Waals surface area contributed by atoms with Crippen molar-refractivity contribution < 1.29 is 19.1 Å². The molecule has 0 aliphatic carbocycles. The molecule has 8 heteroatoms. The molecule has 7 nitrogen and oxygen atoms in total. The van der Waals surface area contributed by atoms with Gasteiger partial charge < -0.3 is 14.8 Å². The zero-order chi connectivity index (χ0) is 28.2. The van der Waals surface area contributed by atoms with E-state index in [2.05, 4.69) is 54.5 Å². The fourth-order valence-electron chi connectivity index (χ4n) is 4.35. The van der Waals surface area contributed by atoms with Crippen LogP contribution in [-0.2, 0) is 22.4 Å². The van der Waals surface area contributed by atoms with Gasteiger partial charge in [0.15, 0.2) is 5.69 Å². The highest BCUT2D eigenvalue weighted by molar-refractivity contribution is 7.13. The largest absolute Gasteiger partial charge is 0.461 e. The zero-order valence-corrected chi connectivity index (χ0v) is 24.2. The van der Waals surface area contributed by atoms with Gasteiger partial charge in [-0.25, -0.2) is 14.6 Å². The number of nitrogens with one attached hydrogen (secondary N) is 1. The maximum absolute atomic E-state index is 12.6. The Labute approximate surface area is 233 Å². The predicted octanol–water partition coefficient (Wildman–Crippen LogP) is 7.49. The molecule has 1 amide bonds. The van der Waals surface area contributed by atoms with Gasteiger partial charge in [-0.15, -0.1) is 11.3 Å². The lowest BCUT2D eigenvalue weighted by atomic mass is 9.91. The highest BCUT2D eigenvalue weighted by Gasteiger charge is 2.21. The summed E-state index contributed by atoms with van der Waals surface area (Å²) in [6, 6.07) is 14.4. The number of benzene rings is 2. The molecule has 0 fully saturated rings. The van der Waals surface area contributed by atoms with Gasteiger partial charge in [-0.2, -0.15) is 0 Å². The predicted molar refractivity (Wildman–Crippen MR) is 156 cm³/mol. The molecule has 0 aliphatic rings. The summed E-state index contributed by atoms with van der Waals surface area (Å²) in [5.74, 6) is -0.428. The maximum atomic E-state index is 12.6. The number of hydrogen-bond acceptors (Lipinski definition) is 7. The Balaban J connectivity index is 1.87. The van der Waals surface area contributed by atoms with Crippen LogP contribution in [-0.4, -0.2) is 34.2 Å². The summed E-state index contributed by atoms with van der Waals surface area (Å²) in [4.78, 5) is 34.4. The zero-order valence-electron chi connectivity index (χ0n) is 23.4. The van der Waals surface area contributed by atoms with Crippen molar-refractivity contribution in [2.45, 2.75) is 66.5 Å². The molecule has 0 atom stereocenters. The lowest BCUT2D eigenvalue weighted by Gasteiger charge is -2.22. The van der Waals surface area contributed by atoms with Gasteiger partial charge >= 0.3 is 12.1 Å². The van der Waals surface area contributed by atoms with Gasteiger partial charge in [0.05, 0.1) is 12.1 Å². The van der Waals surface area contributed by atoms with Gasteiger partial charge in [0.2, 0.25) is 0 Å². The van der Waals surface area contributed by atoms with E-state index >= 15 is 0 Å². The Morgan fingerprint density at radius 2 is 1.72 bits per heavy atom. The Morgan fingerprint density at radius 3 is 2.38 bits per heavy atom. The molecule has 4 rings (SSSR count). The minimum atomic E-state index is -0.594. The Kier molecular flexibility index (Phi) is 8.65. The third-order valence-electron chi connectivity index (χ3n) is 6.04. The summed E-state index contributed by atoms with van der Waals surface area (Å²) in [6.07, 6.45) is 1.22. The highest BCUT2D eigenvalue weighted by Crippen LogP contribution is 2.37. The Bertz CT molecular complexity index is 1490. The van der Waals surface area contributed by atoms with E-state index in [-0.39, 0.29) is 6.54 Å². The number of carbonyl (C=O) groups is 2. The number of carbonyl (C=O) groups excluding carboxylic acids is 2. The van der Waals surface area contributed by atoms with E-state index in [1.165, 1.54) is 11.3 Å². The van der Waals surface area contributed by atoms with E-state index in [0.717, 1.165) is 62.3 Å². The fraction of sp³-hybridized carbons (Fsp3) is 0.355. The second kappa shape index (κ2) is 11.9. The van der Waals surface area contributed by atoms with Crippen molar-refractivity contribution >= 4 is 34.3 Å². The molecule has 2 heterocycles. The van der Waals surface area contributed by atoms with Crippen LogP contribution in [0.25, 0.3) is 32.6 Å². The van der Waals surface area contributed by atoms with E-state index in [1.807, 2.05) is 32.9 Å². The minimum Gasteiger partial charge on any atom is -0.461 e. The molecule has 0 unspecified atom stereocenters. The van der Waals surface area contributed by atoms with Gasteiger partial charge in [0.1, 0.15) is 10.6 Å². The monoisotopic (exact) mass is 545 g/mol. The number of esters is 1. The molecule has 1 N–H and O–H groups in total. The molecule has 0 saturated heterocycles. The van der Waals surface area contributed by atoms with Crippen LogP contribution >= 0.6 is 11.3 Å². The van der Waals surface area contributed by atoms with Crippen LogP contribution in [0.15, 0.2) is 47.8 Å². The minimum absolute atomic E-state index is 0.283. The summed E-state index contributed by atoms with van der Waals surface area (Å²) >= 11 is 1.40. The number of nitrogens with zero attached hydrogens (tertiary/aromatic N) is 2. The van der Waals surface area contributed by atoms with Crippen molar-refractivity contribution in [3.05, 3.63) is 70.4 Å². The second-order valence-electron chi connectivity index (χ2n) is 10.4. The fourth-order valence-corrected chi connectivity index (χ4v) is 5.14. The van der Waals surface area contributed by atoms with Crippen molar-refractivity contribution in [2.75, 3.05) is 6.61 Å². The van der Waals surface area contributed by atoms with Crippen LogP contribution in [0, 0.1) is 6.92 Å². The first-order valence-corrected chi connectivity index (χ1v) is 14.1.